The smallest absolute Gasteiger partial charge is 0.337 e. The summed E-state index contributed by atoms with van der Waals surface area (Å²) in [6, 6.07) is 2.76. The van der Waals surface area contributed by atoms with Gasteiger partial charge >= 0.3 is 5.97 Å². The summed E-state index contributed by atoms with van der Waals surface area (Å²) < 4.78 is 0. The average molecular weight is 168 g/mol. The number of rotatable bonds is 2. The van der Waals surface area contributed by atoms with Crippen LogP contribution in [0.5, 0.6) is 0 Å². The summed E-state index contributed by atoms with van der Waals surface area (Å²) in [5, 5.41) is 17.0. The number of pyridine rings is 1. The Bertz CT molecular complexity index is 312. The van der Waals surface area contributed by atoms with Crippen molar-refractivity contribution in [2.24, 2.45) is 0 Å². The van der Waals surface area contributed by atoms with Gasteiger partial charge in [-0.1, -0.05) is 0 Å². The van der Waals surface area contributed by atoms with Crippen LogP contribution in [0.3, 0.4) is 0 Å². The lowest BCUT2D eigenvalue weighted by atomic mass is 10.2. The number of aromatic carboxylic acids is 1. The van der Waals surface area contributed by atoms with E-state index < -0.39 is 5.97 Å². The number of hydrogen-bond donors (Lipinski definition) is 3. The van der Waals surface area contributed by atoms with Crippen LogP contribution in [0.25, 0.3) is 0 Å². The molecule has 1 aromatic rings. The summed E-state index contributed by atoms with van der Waals surface area (Å²) in [4.78, 5) is 14.3. The summed E-state index contributed by atoms with van der Waals surface area (Å²) in [7, 11) is 0. The van der Waals surface area contributed by atoms with E-state index in [1.807, 2.05) is 5.48 Å². The number of hydrogen-bond acceptors (Lipinski definition) is 4. The Morgan fingerprint density at radius 3 is 2.67 bits per heavy atom. The van der Waals surface area contributed by atoms with Gasteiger partial charge in [0.25, 0.3) is 0 Å². The minimum Gasteiger partial charge on any atom is -0.478 e. The van der Waals surface area contributed by atoms with Crippen LogP contribution in [0.1, 0.15) is 16.1 Å². The van der Waals surface area contributed by atoms with E-state index in [2.05, 4.69) is 4.98 Å². The zero-order chi connectivity index (χ0) is 9.14. The Labute approximate surface area is 68.6 Å². The molecule has 0 bridgehead atoms. The molecule has 0 aliphatic carbocycles. The molecule has 0 unspecified atom stereocenters. The van der Waals surface area contributed by atoms with Crippen molar-refractivity contribution in [3.05, 3.63) is 23.4 Å². The Morgan fingerprint density at radius 1 is 1.58 bits per heavy atom. The molecule has 1 rings (SSSR count). The number of nitrogens with zero attached hydrogens (tertiary/aromatic N) is 1. The molecule has 1 aromatic heterocycles. The van der Waals surface area contributed by atoms with E-state index in [9.17, 15) is 4.79 Å². The second kappa shape index (κ2) is 3.19. The zero-order valence-electron chi connectivity index (χ0n) is 6.40. The second-order valence-electron chi connectivity index (χ2n) is 2.25. The maximum Gasteiger partial charge on any atom is 0.337 e. The number of carboxylic acid groups (broad SMARTS) is 1. The fourth-order valence-electron chi connectivity index (χ4n) is 0.849. The van der Waals surface area contributed by atoms with Gasteiger partial charge in [-0.2, -0.15) is 0 Å². The largest absolute Gasteiger partial charge is 0.478 e. The number of carbonyl (C=O) groups is 1. The third-order valence-electron chi connectivity index (χ3n) is 1.43. The number of nitrogens with one attached hydrogen (secondary N) is 1. The van der Waals surface area contributed by atoms with Gasteiger partial charge in [0, 0.05) is 0 Å². The van der Waals surface area contributed by atoms with Crippen molar-refractivity contribution in [1.82, 2.24) is 4.98 Å². The first-order valence-electron chi connectivity index (χ1n) is 3.26. The van der Waals surface area contributed by atoms with Crippen LogP contribution in [0, 0.1) is 6.92 Å². The predicted molar refractivity (Wildman–Crippen MR) is 41.3 cm³/mol. The molecule has 0 saturated heterocycles. The highest BCUT2D eigenvalue weighted by molar-refractivity contribution is 5.88. The zero-order valence-corrected chi connectivity index (χ0v) is 6.40. The van der Waals surface area contributed by atoms with E-state index in [4.69, 9.17) is 10.3 Å². The van der Waals surface area contributed by atoms with E-state index in [1.165, 1.54) is 12.1 Å². The van der Waals surface area contributed by atoms with Gasteiger partial charge in [0.15, 0.2) is 0 Å². The molecule has 0 radical (unpaired) electrons. The molecule has 64 valence electrons. The lowest BCUT2D eigenvalue weighted by molar-refractivity contribution is 0.0695. The molecule has 0 fully saturated rings. The Kier molecular flexibility index (Phi) is 2.25. The lowest BCUT2D eigenvalue weighted by Gasteiger charge is -2.01. The fourth-order valence-corrected chi connectivity index (χ4v) is 0.849. The fraction of sp³-hybridized carbons (Fsp3) is 0.143. The van der Waals surface area contributed by atoms with E-state index in [1.54, 1.807) is 6.92 Å². The van der Waals surface area contributed by atoms with Gasteiger partial charge in [-0.15, -0.1) is 0 Å². The number of aromatic nitrogens is 1. The van der Waals surface area contributed by atoms with Gasteiger partial charge in [0.2, 0.25) is 0 Å². The highest BCUT2D eigenvalue weighted by Gasteiger charge is 2.07. The standard InChI is InChI=1S/C7H8N2O3/c1-4-5(7(10)11)2-3-6(8-4)9-12/h2-3,12H,1H3,(H,8,9)(H,10,11). The predicted octanol–water partition coefficient (Wildman–Crippen LogP) is 0.889. The minimum absolute atomic E-state index is 0.133. The van der Waals surface area contributed by atoms with Gasteiger partial charge in [-0.25, -0.2) is 9.78 Å². The minimum atomic E-state index is -1.02. The molecule has 0 spiro atoms. The molecule has 12 heavy (non-hydrogen) atoms. The third-order valence-corrected chi connectivity index (χ3v) is 1.43. The summed E-state index contributed by atoms with van der Waals surface area (Å²) >= 11 is 0. The van der Waals surface area contributed by atoms with Crippen molar-refractivity contribution >= 4 is 11.8 Å². The van der Waals surface area contributed by atoms with Crippen LogP contribution in [-0.2, 0) is 0 Å². The first-order chi connectivity index (χ1) is 5.65. The van der Waals surface area contributed by atoms with Crippen molar-refractivity contribution in [2.45, 2.75) is 6.92 Å². The van der Waals surface area contributed by atoms with Crippen molar-refractivity contribution in [3.63, 3.8) is 0 Å². The molecule has 5 nitrogen and oxygen atoms in total. The first-order valence-corrected chi connectivity index (χ1v) is 3.26. The summed E-state index contributed by atoms with van der Waals surface area (Å²) in [6.45, 7) is 1.56. The quantitative estimate of drug-likeness (QED) is 0.571. The monoisotopic (exact) mass is 168 g/mol. The topological polar surface area (TPSA) is 82.5 Å². The molecule has 0 aromatic carbocycles. The van der Waals surface area contributed by atoms with Crippen LogP contribution in [0.4, 0.5) is 5.82 Å². The first kappa shape index (κ1) is 8.48. The molecule has 0 amide bonds. The van der Waals surface area contributed by atoms with Gasteiger partial charge in [-0.3, -0.25) is 10.7 Å². The van der Waals surface area contributed by atoms with Gasteiger partial charge in [0.1, 0.15) is 5.82 Å². The van der Waals surface area contributed by atoms with Crippen LogP contribution < -0.4 is 5.48 Å². The van der Waals surface area contributed by atoms with E-state index in [-0.39, 0.29) is 11.4 Å². The second-order valence-corrected chi connectivity index (χ2v) is 2.25. The highest BCUT2D eigenvalue weighted by atomic mass is 16.5. The van der Waals surface area contributed by atoms with E-state index in [0.29, 0.717) is 5.69 Å². The molecular formula is C7H8N2O3. The van der Waals surface area contributed by atoms with Gasteiger partial charge < -0.3 is 5.11 Å². The highest BCUT2D eigenvalue weighted by Crippen LogP contribution is 2.09. The lowest BCUT2D eigenvalue weighted by Crippen LogP contribution is -2.03. The molecule has 0 saturated carbocycles. The summed E-state index contributed by atoms with van der Waals surface area (Å²) in [6.07, 6.45) is 0. The SMILES string of the molecule is Cc1nc(NO)ccc1C(=O)O. The molecular weight excluding hydrogens is 160 g/mol. The Hall–Kier alpha value is -1.62. The van der Waals surface area contributed by atoms with Crippen molar-refractivity contribution < 1.29 is 15.1 Å². The number of aryl methyl sites for hydroxylation is 1. The van der Waals surface area contributed by atoms with Gasteiger partial charge in [0.05, 0.1) is 11.3 Å². The maximum absolute atomic E-state index is 10.5. The van der Waals surface area contributed by atoms with Crippen LogP contribution in [0.2, 0.25) is 0 Å². The summed E-state index contributed by atoms with van der Waals surface area (Å²) in [5.41, 5.74) is 2.33. The molecule has 1 heterocycles. The van der Waals surface area contributed by atoms with Crippen molar-refractivity contribution in [3.8, 4) is 0 Å². The Morgan fingerprint density at radius 2 is 2.25 bits per heavy atom. The van der Waals surface area contributed by atoms with Crippen LogP contribution in [0.15, 0.2) is 12.1 Å². The normalized spacial score (nSPS) is 9.50. The maximum atomic E-state index is 10.5. The average Bonchev–Trinajstić information content (AvgIpc) is 2.03. The van der Waals surface area contributed by atoms with Crippen molar-refractivity contribution in [2.75, 3.05) is 5.48 Å². The summed E-state index contributed by atoms with van der Waals surface area (Å²) in [5.74, 6) is -0.790. The third kappa shape index (κ3) is 1.51. The van der Waals surface area contributed by atoms with E-state index >= 15 is 0 Å². The van der Waals surface area contributed by atoms with Crippen LogP contribution >= 0.6 is 0 Å². The van der Waals surface area contributed by atoms with E-state index in [0.717, 1.165) is 0 Å². The van der Waals surface area contributed by atoms with Crippen molar-refractivity contribution in [1.29, 1.82) is 0 Å². The molecule has 0 aliphatic rings. The molecule has 0 atom stereocenters. The number of carboxylic acids is 1. The molecule has 5 heteroatoms. The molecule has 0 aliphatic heterocycles. The Balaban J connectivity index is 3.12. The van der Waals surface area contributed by atoms with Gasteiger partial charge in [-0.05, 0) is 19.1 Å². The molecule has 3 N–H and O–H groups in total. The number of anilines is 1. The van der Waals surface area contributed by atoms with Crippen LogP contribution in [-0.4, -0.2) is 21.3 Å².